The molecule has 1 N–H and O–H groups in total. The Morgan fingerprint density at radius 1 is 1.26 bits per heavy atom. The highest BCUT2D eigenvalue weighted by molar-refractivity contribution is 5.93. The van der Waals surface area contributed by atoms with Gasteiger partial charge in [-0.3, -0.25) is 9.48 Å². The molecule has 23 heavy (non-hydrogen) atoms. The molecule has 0 bridgehead atoms. The Morgan fingerprint density at radius 2 is 1.91 bits per heavy atom. The first-order valence-corrected chi connectivity index (χ1v) is 7.41. The Labute approximate surface area is 135 Å². The van der Waals surface area contributed by atoms with E-state index in [1.807, 2.05) is 31.5 Å². The first-order valence-electron chi connectivity index (χ1n) is 7.41. The number of nitrogens with one attached hydrogen (secondary N) is 1. The molecule has 0 aliphatic rings. The number of benzene rings is 1. The molecule has 1 amide bonds. The first kappa shape index (κ1) is 16.7. The number of amides is 1. The third-order valence-corrected chi connectivity index (χ3v) is 3.53. The molecule has 1 heterocycles. The van der Waals surface area contributed by atoms with Crippen LogP contribution in [-0.4, -0.2) is 28.8 Å². The number of rotatable bonds is 5. The number of hydrogen-bond donors (Lipinski definition) is 1. The van der Waals surface area contributed by atoms with Gasteiger partial charge in [-0.25, -0.2) is 4.79 Å². The number of ether oxygens (including phenoxy) is 1. The Morgan fingerprint density at radius 3 is 2.43 bits per heavy atom. The Hall–Kier alpha value is -2.63. The second-order valence-corrected chi connectivity index (χ2v) is 5.54. The molecule has 0 radical (unpaired) electrons. The monoisotopic (exact) mass is 315 g/mol. The van der Waals surface area contributed by atoms with Gasteiger partial charge in [0.05, 0.1) is 24.4 Å². The Kier molecular flexibility index (Phi) is 5.16. The van der Waals surface area contributed by atoms with Crippen LogP contribution in [0.5, 0.6) is 0 Å². The summed E-state index contributed by atoms with van der Waals surface area (Å²) in [4.78, 5) is 23.5. The summed E-state index contributed by atoms with van der Waals surface area (Å²) < 4.78 is 6.49. The zero-order valence-corrected chi connectivity index (χ0v) is 13.8. The lowest BCUT2D eigenvalue weighted by Gasteiger charge is -2.14. The van der Waals surface area contributed by atoms with Gasteiger partial charge in [0.15, 0.2) is 0 Å². The molecular weight excluding hydrogens is 294 g/mol. The van der Waals surface area contributed by atoms with E-state index in [9.17, 15) is 9.59 Å². The topological polar surface area (TPSA) is 73.2 Å². The molecule has 0 aliphatic carbocycles. The van der Waals surface area contributed by atoms with E-state index in [0.717, 1.165) is 11.4 Å². The van der Waals surface area contributed by atoms with Gasteiger partial charge in [0.1, 0.15) is 0 Å². The number of carbonyl (C=O) groups excluding carboxylic acids is 2. The Bertz CT molecular complexity index is 704. The van der Waals surface area contributed by atoms with Crippen LogP contribution in [0.3, 0.4) is 0 Å². The fraction of sp³-hybridized carbons (Fsp3) is 0.353. The summed E-state index contributed by atoms with van der Waals surface area (Å²) in [5, 5.41) is 7.22. The molecule has 0 saturated heterocycles. The lowest BCUT2D eigenvalue weighted by Crippen LogP contribution is -2.19. The molecule has 122 valence electrons. The Balaban J connectivity index is 1.96. The van der Waals surface area contributed by atoms with Gasteiger partial charge in [0.2, 0.25) is 5.91 Å². The number of methoxy groups -OCH3 is 1. The highest BCUT2D eigenvalue weighted by Gasteiger charge is 2.14. The fourth-order valence-electron chi connectivity index (χ4n) is 2.47. The van der Waals surface area contributed by atoms with Crippen molar-refractivity contribution in [3.8, 4) is 0 Å². The van der Waals surface area contributed by atoms with E-state index in [-0.39, 0.29) is 11.9 Å². The molecule has 2 aromatic rings. The standard InChI is InChI=1S/C17H21N3O3/c1-11-9-12(2)20(19-11)13(3)10-16(21)18-15-7-5-14(6-8-15)17(22)23-4/h5-9,13H,10H2,1-4H3,(H,18,21)/t13-/m0/s1. The molecular formula is C17H21N3O3. The first-order chi connectivity index (χ1) is 10.9. The highest BCUT2D eigenvalue weighted by atomic mass is 16.5. The van der Waals surface area contributed by atoms with Gasteiger partial charge in [-0.1, -0.05) is 0 Å². The smallest absolute Gasteiger partial charge is 0.337 e. The number of esters is 1. The van der Waals surface area contributed by atoms with Crippen LogP contribution >= 0.6 is 0 Å². The van der Waals surface area contributed by atoms with Crippen molar-refractivity contribution >= 4 is 17.6 Å². The van der Waals surface area contributed by atoms with Crippen molar-refractivity contribution in [3.63, 3.8) is 0 Å². The molecule has 1 aromatic carbocycles. The normalized spacial score (nSPS) is 11.8. The minimum absolute atomic E-state index is 0.0296. The quantitative estimate of drug-likeness (QED) is 0.861. The largest absolute Gasteiger partial charge is 0.465 e. The van der Waals surface area contributed by atoms with Crippen molar-refractivity contribution in [2.45, 2.75) is 33.2 Å². The number of hydrogen-bond acceptors (Lipinski definition) is 4. The number of nitrogens with zero attached hydrogens (tertiary/aromatic N) is 2. The maximum atomic E-state index is 12.1. The molecule has 0 spiro atoms. The van der Waals surface area contributed by atoms with Gasteiger partial charge >= 0.3 is 5.97 Å². The number of carbonyl (C=O) groups is 2. The van der Waals surface area contributed by atoms with Crippen LogP contribution in [0.1, 0.15) is 41.1 Å². The second-order valence-electron chi connectivity index (χ2n) is 5.54. The summed E-state index contributed by atoms with van der Waals surface area (Å²) in [6.07, 6.45) is 0.320. The van der Waals surface area contributed by atoms with Gasteiger partial charge in [0.25, 0.3) is 0 Å². The van der Waals surface area contributed by atoms with Crippen LogP contribution in [0.25, 0.3) is 0 Å². The summed E-state index contributed by atoms with van der Waals surface area (Å²) in [6.45, 7) is 5.86. The lowest BCUT2D eigenvalue weighted by molar-refractivity contribution is -0.116. The van der Waals surface area contributed by atoms with Crippen molar-refractivity contribution in [2.75, 3.05) is 12.4 Å². The summed E-state index contributed by atoms with van der Waals surface area (Å²) in [5.41, 5.74) is 3.06. The minimum atomic E-state index is -0.402. The average Bonchev–Trinajstić information content (AvgIpc) is 2.86. The van der Waals surface area contributed by atoms with E-state index in [1.165, 1.54) is 7.11 Å². The van der Waals surface area contributed by atoms with Crippen molar-refractivity contribution in [1.82, 2.24) is 9.78 Å². The van der Waals surface area contributed by atoms with E-state index < -0.39 is 5.97 Å². The van der Waals surface area contributed by atoms with Crippen LogP contribution in [0.4, 0.5) is 5.69 Å². The molecule has 1 atom stereocenters. The highest BCUT2D eigenvalue weighted by Crippen LogP contribution is 2.16. The average molecular weight is 315 g/mol. The van der Waals surface area contributed by atoms with Crippen LogP contribution in [0, 0.1) is 13.8 Å². The van der Waals surface area contributed by atoms with Gasteiger partial charge in [-0.05, 0) is 51.1 Å². The second kappa shape index (κ2) is 7.09. The van der Waals surface area contributed by atoms with Crippen molar-refractivity contribution in [3.05, 3.63) is 47.3 Å². The third-order valence-electron chi connectivity index (χ3n) is 3.53. The van der Waals surface area contributed by atoms with Crippen LogP contribution in [-0.2, 0) is 9.53 Å². The van der Waals surface area contributed by atoms with Crippen molar-refractivity contribution in [2.24, 2.45) is 0 Å². The van der Waals surface area contributed by atoms with Crippen LogP contribution in [0.2, 0.25) is 0 Å². The number of anilines is 1. The maximum absolute atomic E-state index is 12.1. The summed E-state index contributed by atoms with van der Waals surface area (Å²) in [5.74, 6) is -0.503. The minimum Gasteiger partial charge on any atom is -0.465 e. The van der Waals surface area contributed by atoms with E-state index in [1.54, 1.807) is 24.3 Å². The van der Waals surface area contributed by atoms with E-state index in [0.29, 0.717) is 17.7 Å². The zero-order valence-electron chi connectivity index (χ0n) is 13.8. The molecule has 0 saturated carbocycles. The van der Waals surface area contributed by atoms with Gasteiger partial charge < -0.3 is 10.1 Å². The van der Waals surface area contributed by atoms with Crippen molar-refractivity contribution in [1.29, 1.82) is 0 Å². The fourth-order valence-corrected chi connectivity index (χ4v) is 2.47. The number of aromatic nitrogens is 2. The van der Waals surface area contributed by atoms with Crippen molar-refractivity contribution < 1.29 is 14.3 Å². The molecule has 6 nitrogen and oxygen atoms in total. The molecule has 0 unspecified atom stereocenters. The predicted octanol–water partition coefficient (Wildman–Crippen LogP) is 2.88. The predicted molar refractivity (Wildman–Crippen MR) is 87.4 cm³/mol. The molecule has 2 rings (SSSR count). The summed E-state index contributed by atoms with van der Waals surface area (Å²) in [7, 11) is 1.33. The third kappa shape index (κ3) is 4.18. The van der Waals surface area contributed by atoms with Crippen LogP contribution in [0.15, 0.2) is 30.3 Å². The maximum Gasteiger partial charge on any atom is 0.337 e. The van der Waals surface area contributed by atoms with Gasteiger partial charge in [-0.15, -0.1) is 0 Å². The van der Waals surface area contributed by atoms with Gasteiger partial charge in [0, 0.05) is 17.8 Å². The zero-order chi connectivity index (χ0) is 17.0. The van der Waals surface area contributed by atoms with Crippen LogP contribution < -0.4 is 5.32 Å². The van der Waals surface area contributed by atoms with E-state index >= 15 is 0 Å². The molecule has 1 aromatic heterocycles. The number of aryl methyl sites for hydroxylation is 2. The van der Waals surface area contributed by atoms with E-state index in [4.69, 9.17) is 0 Å². The van der Waals surface area contributed by atoms with E-state index in [2.05, 4.69) is 15.2 Å². The van der Waals surface area contributed by atoms with Gasteiger partial charge in [-0.2, -0.15) is 5.10 Å². The molecule has 0 aliphatic heterocycles. The summed E-state index contributed by atoms with van der Waals surface area (Å²) in [6, 6.07) is 8.55. The molecule has 6 heteroatoms. The SMILES string of the molecule is COC(=O)c1ccc(NC(=O)C[C@H](C)n2nc(C)cc2C)cc1. The lowest BCUT2D eigenvalue weighted by atomic mass is 10.2. The summed E-state index contributed by atoms with van der Waals surface area (Å²) >= 11 is 0. The molecule has 0 fully saturated rings.